The lowest BCUT2D eigenvalue weighted by Crippen LogP contribution is -2.55. The number of rotatable bonds is 12. The van der Waals surface area contributed by atoms with Crippen LogP contribution in [0.25, 0.3) is 0 Å². The van der Waals surface area contributed by atoms with Crippen LogP contribution in [0, 0.1) is 23.7 Å². The zero-order valence-corrected chi connectivity index (χ0v) is 43.5. The fourth-order valence-corrected chi connectivity index (χ4v) is 9.00. The summed E-state index contributed by atoms with van der Waals surface area (Å²) >= 11 is 0. The van der Waals surface area contributed by atoms with Gasteiger partial charge >= 0.3 is 23.9 Å². The van der Waals surface area contributed by atoms with E-state index in [0.717, 1.165) is 4.90 Å². The van der Waals surface area contributed by atoms with Crippen molar-refractivity contribution >= 4 is 47.5 Å². The topological polar surface area (TPSA) is 186 Å². The standard InChI is InChI=1S/C54H78N4O12/c1-33(2)27-40-51(63)67-37(9)47(59)55(10)41(28-34(3)4)53(65)69-45(31-38-21-15-13-16-22-38)48(60)57(12)42(29-35(5)6)52(64)68-44-25-19-20-26-58(50(44)62)43(30-36(7)8)54(66)70-46(49(61)56(40)11)32-39-23-17-14-18-24-39/h13-18,21-24,33-37,40-46H,19-20,25-32H2,1-12H3/t37-,40+,41+,42+,43+,44-,45-,46-/m1/s1. The van der Waals surface area contributed by atoms with Gasteiger partial charge in [0.15, 0.2) is 24.4 Å². The molecule has 2 bridgehead atoms. The molecule has 2 aromatic carbocycles. The molecule has 2 aliphatic rings. The van der Waals surface area contributed by atoms with Crippen LogP contribution in [0.3, 0.4) is 0 Å². The lowest BCUT2D eigenvalue weighted by atomic mass is 10.00. The molecule has 0 unspecified atom stereocenters. The summed E-state index contributed by atoms with van der Waals surface area (Å²) < 4.78 is 24.2. The van der Waals surface area contributed by atoms with Gasteiger partial charge in [-0.3, -0.25) is 19.2 Å². The monoisotopic (exact) mass is 975 g/mol. The molecule has 0 saturated carbocycles. The Kier molecular flexibility index (Phi) is 21.4. The average Bonchev–Trinajstić information content (AvgIpc) is 3.48. The van der Waals surface area contributed by atoms with Crippen molar-refractivity contribution in [1.29, 1.82) is 0 Å². The molecule has 4 rings (SSSR count). The van der Waals surface area contributed by atoms with E-state index in [2.05, 4.69) is 0 Å². The third kappa shape index (κ3) is 15.9. The second kappa shape index (κ2) is 26.4. The number of esters is 4. The molecule has 8 atom stereocenters. The summed E-state index contributed by atoms with van der Waals surface area (Å²) in [7, 11) is 4.24. The minimum absolute atomic E-state index is 0.0650. The van der Waals surface area contributed by atoms with E-state index >= 15 is 0 Å². The van der Waals surface area contributed by atoms with Crippen molar-refractivity contribution < 1.29 is 57.3 Å². The molecule has 0 aromatic heterocycles. The first-order chi connectivity index (χ1) is 33.0. The highest BCUT2D eigenvalue weighted by Gasteiger charge is 2.44. The summed E-state index contributed by atoms with van der Waals surface area (Å²) in [5.41, 5.74) is 1.33. The average molecular weight is 975 g/mol. The Morgan fingerprint density at radius 2 is 0.814 bits per heavy atom. The highest BCUT2D eigenvalue weighted by Crippen LogP contribution is 2.27. The van der Waals surface area contributed by atoms with E-state index in [1.54, 1.807) is 54.6 Å². The predicted octanol–water partition coefficient (Wildman–Crippen LogP) is 6.20. The second-order valence-corrected chi connectivity index (χ2v) is 20.7. The number of carbonyl (C=O) groups excluding carboxylic acids is 8. The maximum absolute atomic E-state index is 14.8. The number of hydrogen-bond donors (Lipinski definition) is 0. The molecule has 16 heteroatoms. The SMILES string of the molecule is CC(C)C[C@H]1C(=O)O[C@H](Cc2ccccc2)C(=O)N(C)[C@@H](CC(C)C)C(=O)O[C@@H]2CCCCN(C2=O)[C@@H](CC(C)C)C(=O)O[C@H](Cc2ccccc2)C(=O)N(C)[C@@H](CC(C)C)C(=O)O[C@H](C)C(=O)N1C. The second-order valence-electron chi connectivity index (χ2n) is 20.7. The summed E-state index contributed by atoms with van der Waals surface area (Å²) in [6.07, 6.45) is -4.19. The van der Waals surface area contributed by atoms with Crippen molar-refractivity contribution in [2.45, 2.75) is 169 Å². The van der Waals surface area contributed by atoms with Gasteiger partial charge in [-0.1, -0.05) is 116 Å². The molecule has 0 spiro atoms. The van der Waals surface area contributed by atoms with E-state index in [-0.39, 0.29) is 75.2 Å². The summed E-state index contributed by atoms with van der Waals surface area (Å²) in [6.45, 7) is 16.5. The van der Waals surface area contributed by atoms with Crippen LogP contribution in [0.4, 0.5) is 0 Å². The van der Waals surface area contributed by atoms with Crippen molar-refractivity contribution in [2.75, 3.05) is 27.7 Å². The van der Waals surface area contributed by atoms with Crippen LogP contribution < -0.4 is 0 Å². The molecular weight excluding hydrogens is 897 g/mol. The zero-order chi connectivity index (χ0) is 52.0. The first-order valence-electron chi connectivity index (χ1n) is 25.0. The lowest BCUT2D eigenvalue weighted by molar-refractivity contribution is -0.177. The fraction of sp³-hybridized carbons (Fsp3) is 0.630. The molecule has 0 aliphatic carbocycles. The predicted molar refractivity (Wildman–Crippen MR) is 262 cm³/mol. The molecule has 4 amide bonds. The van der Waals surface area contributed by atoms with Gasteiger partial charge in [-0.2, -0.15) is 0 Å². The van der Waals surface area contributed by atoms with Gasteiger partial charge in [-0.25, -0.2) is 19.2 Å². The van der Waals surface area contributed by atoms with Gasteiger partial charge in [0, 0.05) is 40.5 Å². The lowest BCUT2D eigenvalue weighted by Gasteiger charge is -2.36. The summed E-state index contributed by atoms with van der Waals surface area (Å²) in [5.74, 6) is -6.77. The highest BCUT2D eigenvalue weighted by molar-refractivity contribution is 5.94. The Balaban J connectivity index is 1.89. The number of cyclic esters (lactones) is 3. The maximum atomic E-state index is 14.8. The number of fused-ring (bicyclic) bond motifs is 2. The van der Waals surface area contributed by atoms with Crippen LogP contribution >= 0.6 is 0 Å². The van der Waals surface area contributed by atoms with Gasteiger partial charge < -0.3 is 38.5 Å². The van der Waals surface area contributed by atoms with Gasteiger partial charge in [-0.05, 0) is 86.7 Å². The number of benzene rings is 2. The number of hydrogen-bond acceptors (Lipinski definition) is 12. The molecule has 2 fully saturated rings. The van der Waals surface area contributed by atoms with Crippen LogP contribution in [0.15, 0.2) is 60.7 Å². The number of nitrogens with zero attached hydrogens (tertiary/aromatic N) is 4. The van der Waals surface area contributed by atoms with Gasteiger partial charge in [0.05, 0.1) is 0 Å². The van der Waals surface area contributed by atoms with E-state index in [4.69, 9.17) is 18.9 Å². The molecule has 2 aromatic rings. The number of amides is 4. The Bertz CT molecular complexity index is 2090. The van der Waals surface area contributed by atoms with E-state index < -0.39 is 96.1 Å². The van der Waals surface area contributed by atoms with Crippen LogP contribution in [0.1, 0.15) is 118 Å². The van der Waals surface area contributed by atoms with Crippen molar-refractivity contribution in [2.24, 2.45) is 23.7 Å². The van der Waals surface area contributed by atoms with E-state index in [0.29, 0.717) is 24.0 Å². The summed E-state index contributed by atoms with van der Waals surface area (Å²) in [6, 6.07) is 13.0. The molecule has 0 N–H and O–H groups in total. The summed E-state index contributed by atoms with van der Waals surface area (Å²) in [5, 5.41) is 0. The van der Waals surface area contributed by atoms with Crippen LogP contribution in [-0.4, -0.2) is 143 Å². The normalized spacial score (nSPS) is 25.8. The van der Waals surface area contributed by atoms with E-state index in [1.165, 1.54) is 42.8 Å². The number of likely N-dealkylation sites (N-methyl/N-ethyl adjacent to an activating group) is 3. The quantitative estimate of drug-likeness (QED) is 0.174. The smallest absolute Gasteiger partial charge is 0.329 e. The van der Waals surface area contributed by atoms with Gasteiger partial charge in [0.25, 0.3) is 23.6 Å². The highest BCUT2D eigenvalue weighted by atomic mass is 16.6. The minimum atomic E-state index is -1.46. The molecule has 16 nitrogen and oxygen atoms in total. The minimum Gasteiger partial charge on any atom is -0.451 e. The third-order valence-electron chi connectivity index (χ3n) is 12.9. The molecule has 2 saturated heterocycles. The Hall–Kier alpha value is -5.80. The van der Waals surface area contributed by atoms with Crippen molar-refractivity contribution in [3.63, 3.8) is 0 Å². The maximum Gasteiger partial charge on any atom is 0.329 e. The Morgan fingerprint density at radius 1 is 0.457 bits per heavy atom. The van der Waals surface area contributed by atoms with Gasteiger partial charge in [-0.15, -0.1) is 0 Å². The van der Waals surface area contributed by atoms with Crippen molar-refractivity contribution in [3.05, 3.63) is 71.8 Å². The first kappa shape index (κ1) is 56.8. The summed E-state index contributed by atoms with van der Waals surface area (Å²) in [4.78, 5) is 121. The third-order valence-corrected chi connectivity index (χ3v) is 12.9. The van der Waals surface area contributed by atoms with Crippen molar-refractivity contribution in [3.8, 4) is 0 Å². The number of ether oxygens (including phenoxy) is 4. The van der Waals surface area contributed by atoms with Crippen LogP contribution in [0.2, 0.25) is 0 Å². The fourth-order valence-electron chi connectivity index (χ4n) is 9.00. The van der Waals surface area contributed by atoms with E-state index in [9.17, 15) is 38.4 Å². The zero-order valence-electron chi connectivity index (χ0n) is 43.5. The molecule has 0 radical (unpaired) electrons. The Morgan fingerprint density at radius 3 is 1.23 bits per heavy atom. The molecule has 70 heavy (non-hydrogen) atoms. The molecular formula is C54H78N4O12. The van der Waals surface area contributed by atoms with Crippen LogP contribution in [0.5, 0.6) is 0 Å². The van der Waals surface area contributed by atoms with Gasteiger partial charge in [0.2, 0.25) is 0 Å². The number of carbonyl (C=O) groups is 8. The van der Waals surface area contributed by atoms with E-state index in [1.807, 2.05) is 61.5 Å². The van der Waals surface area contributed by atoms with Gasteiger partial charge in [0.1, 0.15) is 24.2 Å². The molecule has 2 heterocycles. The van der Waals surface area contributed by atoms with Crippen LogP contribution in [-0.2, 0) is 70.1 Å². The first-order valence-corrected chi connectivity index (χ1v) is 25.0. The Labute approximate surface area is 415 Å². The molecule has 2 aliphatic heterocycles. The largest absolute Gasteiger partial charge is 0.451 e. The van der Waals surface area contributed by atoms with Crippen molar-refractivity contribution in [1.82, 2.24) is 19.6 Å². The molecule has 386 valence electrons.